The second kappa shape index (κ2) is 5.37. The van der Waals surface area contributed by atoms with Gasteiger partial charge in [-0.2, -0.15) is 0 Å². The molecule has 0 heterocycles. The van der Waals surface area contributed by atoms with Crippen LogP contribution in [-0.2, 0) is 4.79 Å². The van der Waals surface area contributed by atoms with Crippen LogP contribution in [-0.4, -0.2) is 5.91 Å². The molecule has 2 rings (SSSR count). The Kier molecular flexibility index (Phi) is 3.85. The van der Waals surface area contributed by atoms with Gasteiger partial charge in [-0.3, -0.25) is 4.79 Å². The van der Waals surface area contributed by atoms with Crippen molar-refractivity contribution in [2.24, 2.45) is 5.92 Å². The highest BCUT2D eigenvalue weighted by molar-refractivity contribution is 6.30. The Hall–Kier alpha value is -1.28. The maximum absolute atomic E-state index is 11.8. The molecule has 2 nitrogen and oxygen atoms in total. The summed E-state index contributed by atoms with van der Waals surface area (Å²) < 4.78 is 0. The summed E-state index contributed by atoms with van der Waals surface area (Å²) in [7, 11) is 0. The number of aryl methyl sites for hydroxylation is 1. The molecular weight excluding hydrogens is 234 g/mol. The summed E-state index contributed by atoms with van der Waals surface area (Å²) in [6.45, 7) is 1.94. The molecule has 1 aromatic rings. The van der Waals surface area contributed by atoms with Gasteiger partial charge in [0, 0.05) is 17.1 Å². The van der Waals surface area contributed by atoms with Gasteiger partial charge in [-0.25, -0.2) is 0 Å². The monoisotopic (exact) mass is 249 g/mol. The van der Waals surface area contributed by atoms with E-state index in [1.165, 1.54) is 0 Å². The van der Waals surface area contributed by atoms with Crippen molar-refractivity contribution in [1.82, 2.24) is 0 Å². The van der Waals surface area contributed by atoms with E-state index in [-0.39, 0.29) is 5.91 Å². The van der Waals surface area contributed by atoms with Crippen molar-refractivity contribution in [2.45, 2.75) is 26.2 Å². The van der Waals surface area contributed by atoms with E-state index in [9.17, 15) is 4.79 Å². The zero-order valence-corrected chi connectivity index (χ0v) is 10.6. The van der Waals surface area contributed by atoms with E-state index >= 15 is 0 Å². The van der Waals surface area contributed by atoms with E-state index in [0.29, 0.717) is 17.4 Å². The summed E-state index contributed by atoms with van der Waals surface area (Å²) >= 11 is 5.87. The predicted octanol–water partition coefficient (Wildman–Crippen LogP) is 3.94. The molecule has 90 valence electrons. The largest absolute Gasteiger partial charge is 0.326 e. The van der Waals surface area contributed by atoms with Crippen LogP contribution in [0, 0.1) is 12.8 Å². The Morgan fingerprint density at radius 1 is 1.53 bits per heavy atom. The SMILES string of the molecule is Cc1cc(Cl)ccc1NC(=O)CC1C=CCC1. The molecule has 3 heteroatoms. The average Bonchev–Trinajstić information content (AvgIpc) is 2.75. The van der Waals surface area contributed by atoms with Crippen LogP contribution in [0.15, 0.2) is 30.4 Å². The van der Waals surface area contributed by atoms with Gasteiger partial charge in [-0.1, -0.05) is 23.8 Å². The molecule has 1 aliphatic rings. The lowest BCUT2D eigenvalue weighted by Gasteiger charge is -2.11. The molecule has 1 atom stereocenters. The molecule has 0 radical (unpaired) electrons. The van der Waals surface area contributed by atoms with Gasteiger partial charge < -0.3 is 5.32 Å². The van der Waals surface area contributed by atoms with Gasteiger partial charge >= 0.3 is 0 Å². The second-order valence-corrected chi connectivity index (χ2v) is 4.91. The van der Waals surface area contributed by atoms with Crippen molar-refractivity contribution in [3.8, 4) is 0 Å². The van der Waals surface area contributed by atoms with Crippen LogP contribution in [0.25, 0.3) is 0 Å². The third kappa shape index (κ3) is 3.34. The van der Waals surface area contributed by atoms with E-state index in [0.717, 1.165) is 24.1 Å². The second-order valence-electron chi connectivity index (χ2n) is 4.48. The quantitative estimate of drug-likeness (QED) is 0.808. The first-order valence-electron chi connectivity index (χ1n) is 5.88. The number of amides is 1. The van der Waals surface area contributed by atoms with Crippen molar-refractivity contribution < 1.29 is 4.79 Å². The Bertz CT molecular complexity index is 454. The van der Waals surface area contributed by atoms with Crippen LogP contribution in [0.2, 0.25) is 5.02 Å². The van der Waals surface area contributed by atoms with Crippen LogP contribution in [0.1, 0.15) is 24.8 Å². The molecule has 1 unspecified atom stereocenters. The first-order chi connectivity index (χ1) is 8.15. The topological polar surface area (TPSA) is 29.1 Å². The van der Waals surface area contributed by atoms with Gasteiger partial charge in [0.2, 0.25) is 5.91 Å². The molecule has 1 N–H and O–H groups in total. The minimum atomic E-state index is 0.0759. The molecule has 0 fully saturated rings. The molecule has 1 aromatic carbocycles. The number of carbonyl (C=O) groups is 1. The lowest BCUT2D eigenvalue weighted by atomic mass is 10.0. The van der Waals surface area contributed by atoms with Crippen molar-refractivity contribution in [3.63, 3.8) is 0 Å². The van der Waals surface area contributed by atoms with Gasteiger partial charge in [0.15, 0.2) is 0 Å². The Morgan fingerprint density at radius 3 is 3.00 bits per heavy atom. The number of hydrogen-bond acceptors (Lipinski definition) is 1. The van der Waals surface area contributed by atoms with Crippen molar-refractivity contribution in [3.05, 3.63) is 40.9 Å². The van der Waals surface area contributed by atoms with E-state index in [2.05, 4.69) is 17.5 Å². The van der Waals surface area contributed by atoms with Crippen molar-refractivity contribution in [2.75, 3.05) is 5.32 Å². The zero-order valence-electron chi connectivity index (χ0n) is 9.87. The Labute approximate surface area is 107 Å². The fourth-order valence-electron chi connectivity index (χ4n) is 2.07. The number of benzene rings is 1. The number of allylic oxidation sites excluding steroid dienone is 2. The van der Waals surface area contributed by atoms with Crippen molar-refractivity contribution >= 4 is 23.2 Å². The van der Waals surface area contributed by atoms with E-state index < -0.39 is 0 Å². The van der Waals surface area contributed by atoms with Crippen LogP contribution in [0.3, 0.4) is 0 Å². The first-order valence-corrected chi connectivity index (χ1v) is 6.25. The standard InChI is InChI=1S/C14H16ClNO/c1-10-8-12(15)6-7-13(10)16-14(17)9-11-4-2-3-5-11/h2,4,6-8,11H,3,5,9H2,1H3,(H,16,17). The smallest absolute Gasteiger partial charge is 0.224 e. The number of halogens is 1. The lowest BCUT2D eigenvalue weighted by Crippen LogP contribution is -2.15. The molecule has 0 aliphatic heterocycles. The van der Waals surface area contributed by atoms with Crippen LogP contribution in [0.4, 0.5) is 5.69 Å². The van der Waals surface area contributed by atoms with Crippen LogP contribution < -0.4 is 5.32 Å². The summed E-state index contributed by atoms with van der Waals surface area (Å²) in [5, 5.41) is 3.63. The van der Waals surface area contributed by atoms with E-state index in [1.54, 1.807) is 6.07 Å². The lowest BCUT2D eigenvalue weighted by molar-refractivity contribution is -0.116. The summed E-state index contributed by atoms with van der Waals surface area (Å²) in [6.07, 6.45) is 7.03. The molecular formula is C14H16ClNO. The Balaban J connectivity index is 1.95. The van der Waals surface area contributed by atoms with Gasteiger partial charge in [-0.05, 0) is 49.4 Å². The predicted molar refractivity (Wildman–Crippen MR) is 71.3 cm³/mol. The maximum atomic E-state index is 11.8. The molecule has 1 amide bonds. The van der Waals surface area contributed by atoms with Crippen molar-refractivity contribution in [1.29, 1.82) is 0 Å². The van der Waals surface area contributed by atoms with E-state index in [4.69, 9.17) is 11.6 Å². The molecule has 1 aliphatic carbocycles. The molecule has 0 saturated carbocycles. The molecule has 0 spiro atoms. The highest BCUT2D eigenvalue weighted by Crippen LogP contribution is 2.23. The van der Waals surface area contributed by atoms with Gasteiger partial charge in [0.25, 0.3) is 0 Å². The minimum absolute atomic E-state index is 0.0759. The number of anilines is 1. The van der Waals surface area contributed by atoms with Gasteiger partial charge in [0.05, 0.1) is 0 Å². The molecule has 0 saturated heterocycles. The normalized spacial score (nSPS) is 18.4. The van der Waals surface area contributed by atoms with Gasteiger partial charge in [-0.15, -0.1) is 0 Å². The first kappa shape index (κ1) is 12.2. The number of hydrogen-bond donors (Lipinski definition) is 1. The summed E-state index contributed by atoms with van der Waals surface area (Å²) in [4.78, 5) is 11.8. The van der Waals surface area contributed by atoms with Gasteiger partial charge in [0.1, 0.15) is 0 Å². The third-order valence-electron chi connectivity index (χ3n) is 3.02. The van der Waals surface area contributed by atoms with E-state index in [1.807, 2.05) is 19.1 Å². The molecule has 0 bridgehead atoms. The van der Waals surface area contributed by atoms with Crippen LogP contribution >= 0.6 is 11.6 Å². The Morgan fingerprint density at radius 2 is 2.35 bits per heavy atom. The average molecular weight is 250 g/mol. The highest BCUT2D eigenvalue weighted by atomic mass is 35.5. The summed E-state index contributed by atoms with van der Waals surface area (Å²) in [5.74, 6) is 0.481. The maximum Gasteiger partial charge on any atom is 0.224 e. The highest BCUT2D eigenvalue weighted by Gasteiger charge is 2.14. The number of rotatable bonds is 3. The zero-order chi connectivity index (χ0) is 12.3. The van der Waals surface area contributed by atoms with Crippen LogP contribution in [0.5, 0.6) is 0 Å². The number of nitrogens with one attached hydrogen (secondary N) is 1. The summed E-state index contributed by atoms with van der Waals surface area (Å²) in [5.41, 5.74) is 1.84. The summed E-state index contributed by atoms with van der Waals surface area (Å²) in [6, 6.07) is 5.49. The third-order valence-corrected chi connectivity index (χ3v) is 3.26. The fraction of sp³-hybridized carbons (Fsp3) is 0.357. The minimum Gasteiger partial charge on any atom is -0.326 e. The molecule has 17 heavy (non-hydrogen) atoms. The molecule has 0 aromatic heterocycles. The number of carbonyl (C=O) groups excluding carboxylic acids is 1. The fourth-order valence-corrected chi connectivity index (χ4v) is 2.30.